The molecule has 0 aliphatic carbocycles. The minimum Gasteiger partial charge on any atom is -0.383 e. The zero-order chi connectivity index (χ0) is 25.9. The van der Waals surface area contributed by atoms with Crippen molar-refractivity contribution in [2.45, 2.75) is 39.8 Å². The molecule has 1 N–H and O–H groups in total. The van der Waals surface area contributed by atoms with Crippen LogP contribution >= 0.6 is 0 Å². The van der Waals surface area contributed by atoms with Gasteiger partial charge in [0.1, 0.15) is 6.04 Å². The highest BCUT2D eigenvalue weighted by Crippen LogP contribution is 2.30. The summed E-state index contributed by atoms with van der Waals surface area (Å²) in [5.74, 6) is 0.661. The third kappa shape index (κ3) is 5.14. The Kier molecular flexibility index (Phi) is 7.34. The molecule has 0 spiro atoms. The molecular weight excluding hydrogens is 466 g/mol. The lowest BCUT2D eigenvalue weighted by atomic mass is 10.0. The summed E-state index contributed by atoms with van der Waals surface area (Å²) < 4.78 is 7.05. The number of tetrazole rings is 1. The Labute approximate surface area is 217 Å². The number of hydrogen-bond donors (Lipinski definition) is 1. The van der Waals surface area contributed by atoms with Crippen molar-refractivity contribution in [1.29, 1.82) is 0 Å². The lowest BCUT2D eigenvalue weighted by Gasteiger charge is -2.40. The summed E-state index contributed by atoms with van der Waals surface area (Å²) in [5, 5.41) is 13.6. The van der Waals surface area contributed by atoms with Crippen molar-refractivity contribution in [1.82, 2.24) is 30.1 Å². The van der Waals surface area contributed by atoms with Gasteiger partial charge in [-0.1, -0.05) is 25.1 Å². The molecular formula is C28H35N7O2. The molecule has 4 aromatic rings. The van der Waals surface area contributed by atoms with Crippen LogP contribution in [0.4, 0.5) is 5.69 Å². The third-order valence-electron chi connectivity index (χ3n) is 7.34. The fourth-order valence-corrected chi connectivity index (χ4v) is 5.22. The van der Waals surface area contributed by atoms with E-state index < -0.39 is 0 Å². The van der Waals surface area contributed by atoms with E-state index in [9.17, 15) is 4.79 Å². The Hall–Kier alpha value is -3.56. The lowest BCUT2D eigenvalue weighted by molar-refractivity contribution is 0.171. The summed E-state index contributed by atoms with van der Waals surface area (Å²) >= 11 is 0. The van der Waals surface area contributed by atoms with E-state index in [0.717, 1.165) is 43.5 Å². The Morgan fingerprint density at radius 2 is 1.86 bits per heavy atom. The van der Waals surface area contributed by atoms with Crippen molar-refractivity contribution < 1.29 is 4.74 Å². The van der Waals surface area contributed by atoms with E-state index in [1.54, 1.807) is 11.8 Å². The number of anilines is 1. The Bertz CT molecular complexity index is 1440. The summed E-state index contributed by atoms with van der Waals surface area (Å²) in [6, 6.07) is 14.4. The average molecular weight is 502 g/mol. The second kappa shape index (κ2) is 10.8. The smallest absolute Gasteiger partial charge is 0.253 e. The van der Waals surface area contributed by atoms with E-state index in [-0.39, 0.29) is 11.6 Å². The molecule has 3 heterocycles. The summed E-state index contributed by atoms with van der Waals surface area (Å²) in [6.45, 7) is 10.7. The van der Waals surface area contributed by atoms with Gasteiger partial charge in [0, 0.05) is 50.1 Å². The molecule has 37 heavy (non-hydrogen) atoms. The normalized spacial score (nSPS) is 15.4. The van der Waals surface area contributed by atoms with Crippen LogP contribution in [0.15, 0.2) is 47.3 Å². The quantitative estimate of drug-likeness (QED) is 0.396. The van der Waals surface area contributed by atoms with Gasteiger partial charge in [0.05, 0.1) is 13.2 Å². The van der Waals surface area contributed by atoms with Gasteiger partial charge in [0.25, 0.3) is 5.56 Å². The first-order valence-corrected chi connectivity index (χ1v) is 13.0. The van der Waals surface area contributed by atoms with E-state index in [1.165, 1.54) is 22.4 Å². The fourth-order valence-electron chi connectivity index (χ4n) is 5.22. The number of nitrogens with zero attached hydrogens (tertiary/aromatic N) is 6. The average Bonchev–Trinajstić information content (AvgIpc) is 3.37. The number of rotatable bonds is 8. The number of fused-ring (bicyclic) bond motifs is 1. The molecule has 0 amide bonds. The number of ether oxygens (including phenoxy) is 1. The zero-order valence-corrected chi connectivity index (χ0v) is 22.1. The molecule has 9 nitrogen and oxygen atoms in total. The molecule has 1 fully saturated rings. The Morgan fingerprint density at radius 3 is 2.62 bits per heavy atom. The Morgan fingerprint density at radius 1 is 1.05 bits per heavy atom. The third-order valence-corrected chi connectivity index (χ3v) is 7.34. The largest absolute Gasteiger partial charge is 0.383 e. The SMILES string of the molecule is CCc1ccc2[nH]c(=O)c([C@@H](c3nnnn3CCOC)N3CCN(c4cc(C)ccc4C)CC3)cc2c1. The van der Waals surface area contributed by atoms with Crippen molar-refractivity contribution in [3.63, 3.8) is 0 Å². The topological polar surface area (TPSA) is 92.2 Å². The second-order valence-electron chi connectivity index (χ2n) is 9.80. The molecule has 194 valence electrons. The molecule has 1 aliphatic heterocycles. The maximum absolute atomic E-state index is 13.5. The van der Waals surface area contributed by atoms with Crippen LogP contribution in [-0.2, 0) is 17.7 Å². The summed E-state index contributed by atoms with van der Waals surface area (Å²) in [4.78, 5) is 21.3. The second-order valence-corrected chi connectivity index (χ2v) is 9.80. The van der Waals surface area contributed by atoms with E-state index in [1.807, 2.05) is 12.1 Å². The van der Waals surface area contributed by atoms with Crippen LogP contribution < -0.4 is 10.5 Å². The maximum atomic E-state index is 13.5. The number of nitrogens with one attached hydrogen (secondary N) is 1. The number of H-pyrrole nitrogens is 1. The zero-order valence-electron chi connectivity index (χ0n) is 22.1. The molecule has 9 heteroatoms. The lowest BCUT2D eigenvalue weighted by Crippen LogP contribution is -2.49. The molecule has 0 saturated carbocycles. The molecule has 2 aromatic heterocycles. The van der Waals surface area contributed by atoms with Gasteiger partial charge < -0.3 is 14.6 Å². The van der Waals surface area contributed by atoms with Crippen molar-refractivity contribution >= 4 is 16.6 Å². The minimum absolute atomic E-state index is 0.111. The first-order valence-electron chi connectivity index (χ1n) is 13.0. The van der Waals surface area contributed by atoms with Gasteiger partial charge >= 0.3 is 0 Å². The van der Waals surface area contributed by atoms with Gasteiger partial charge in [-0.25, -0.2) is 4.68 Å². The van der Waals surface area contributed by atoms with E-state index in [4.69, 9.17) is 4.74 Å². The molecule has 5 rings (SSSR count). The van der Waals surface area contributed by atoms with Crippen molar-refractivity contribution in [3.8, 4) is 0 Å². The summed E-state index contributed by atoms with van der Waals surface area (Å²) in [7, 11) is 1.66. The van der Waals surface area contributed by atoms with Crippen molar-refractivity contribution in [2.24, 2.45) is 0 Å². The predicted molar refractivity (Wildman–Crippen MR) is 145 cm³/mol. The number of benzene rings is 2. The van der Waals surface area contributed by atoms with Gasteiger partial charge in [-0.15, -0.1) is 5.10 Å². The number of aromatic nitrogens is 5. The van der Waals surface area contributed by atoms with Crippen LogP contribution in [0.1, 0.15) is 41.0 Å². The standard InChI is InChI=1S/C28H35N7O2/c1-5-21-8-9-24-22(17-21)18-23(28(36)29-24)26(27-30-31-32-35(27)14-15-37-4)34-12-10-33(11-13-34)25-16-19(2)6-7-20(25)3/h6-9,16-18,26H,5,10-15H2,1-4H3,(H,29,36)/t26-/m0/s1. The molecule has 0 unspecified atom stereocenters. The highest BCUT2D eigenvalue weighted by Gasteiger charge is 2.33. The van der Waals surface area contributed by atoms with Gasteiger partial charge in [-0.05, 0) is 77.0 Å². The van der Waals surface area contributed by atoms with Crippen LogP contribution in [0.5, 0.6) is 0 Å². The predicted octanol–water partition coefficient (Wildman–Crippen LogP) is 3.25. The van der Waals surface area contributed by atoms with Crippen molar-refractivity contribution in [3.05, 3.63) is 80.9 Å². The van der Waals surface area contributed by atoms with Crippen LogP contribution in [0.25, 0.3) is 10.9 Å². The van der Waals surface area contributed by atoms with Crippen LogP contribution in [0, 0.1) is 13.8 Å². The monoisotopic (exact) mass is 501 g/mol. The highest BCUT2D eigenvalue weighted by molar-refractivity contribution is 5.80. The molecule has 2 aromatic carbocycles. The number of piperazine rings is 1. The maximum Gasteiger partial charge on any atom is 0.253 e. The molecule has 0 radical (unpaired) electrons. The number of methoxy groups -OCH3 is 1. The van der Waals surface area contributed by atoms with Gasteiger partial charge in [0.15, 0.2) is 5.82 Å². The highest BCUT2D eigenvalue weighted by atomic mass is 16.5. The summed E-state index contributed by atoms with van der Waals surface area (Å²) in [5.41, 5.74) is 6.42. The Balaban J connectivity index is 1.53. The molecule has 1 saturated heterocycles. The first kappa shape index (κ1) is 25.1. The molecule has 1 aliphatic rings. The van der Waals surface area contributed by atoms with E-state index >= 15 is 0 Å². The molecule has 1 atom stereocenters. The first-order chi connectivity index (χ1) is 18.0. The van der Waals surface area contributed by atoms with Crippen LogP contribution in [0.3, 0.4) is 0 Å². The van der Waals surface area contributed by atoms with Crippen LogP contribution in [0.2, 0.25) is 0 Å². The van der Waals surface area contributed by atoms with Gasteiger partial charge in [0.2, 0.25) is 0 Å². The number of hydrogen-bond acceptors (Lipinski definition) is 7. The van der Waals surface area contributed by atoms with Crippen LogP contribution in [-0.4, -0.2) is 70.0 Å². The number of pyridine rings is 1. The number of aromatic amines is 1. The minimum atomic E-state index is -0.369. The fraction of sp³-hybridized carbons (Fsp3) is 0.429. The van der Waals surface area contributed by atoms with Gasteiger partial charge in [-0.3, -0.25) is 9.69 Å². The van der Waals surface area contributed by atoms with E-state index in [0.29, 0.717) is 24.5 Å². The summed E-state index contributed by atoms with van der Waals surface area (Å²) in [6.07, 6.45) is 0.934. The van der Waals surface area contributed by atoms with E-state index in [2.05, 4.69) is 81.4 Å². The van der Waals surface area contributed by atoms with Crippen molar-refractivity contribution in [2.75, 3.05) is 44.8 Å². The molecule has 0 bridgehead atoms. The van der Waals surface area contributed by atoms with Gasteiger partial charge in [-0.2, -0.15) is 0 Å². The number of aryl methyl sites for hydroxylation is 3.